The molecule has 110 valence electrons. The molecule has 3 aromatic heterocycles. The SMILES string of the molecule is CCc1sc(-c2nnc(CSc3nnc(C)s3)o2)cc1C. The van der Waals surface area contributed by atoms with Crippen LogP contribution < -0.4 is 0 Å². The smallest absolute Gasteiger partial charge is 0.257 e. The van der Waals surface area contributed by atoms with E-state index in [1.807, 2.05) is 6.92 Å². The lowest BCUT2D eigenvalue weighted by Gasteiger charge is -1.90. The van der Waals surface area contributed by atoms with Crippen molar-refractivity contribution in [1.82, 2.24) is 20.4 Å². The molecule has 0 fully saturated rings. The highest BCUT2D eigenvalue weighted by molar-refractivity contribution is 8.00. The Morgan fingerprint density at radius 3 is 2.67 bits per heavy atom. The van der Waals surface area contributed by atoms with Crippen LogP contribution in [0.2, 0.25) is 0 Å². The maximum Gasteiger partial charge on any atom is 0.257 e. The first-order valence-corrected chi connectivity index (χ1v) is 9.12. The van der Waals surface area contributed by atoms with Gasteiger partial charge in [0.2, 0.25) is 5.89 Å². The molecule has 0 radical (unpaired) electrons. The van der Waals surface area contributed by atoms with Crippen molar-refractivity contribution >= 4 is 34.4 Å². The summed E-state index contributed by atoms with van der Waals surface area (Å²) in [5.74, 6) is 1.84. The van der Waals surface area contributed by atoms with Crippen molar-refractivity contribution in [3.05, 3.63) is 27.4 Å². The van der Waals surface area contributed by atoms with E-state index in [1.54, 1.807) is 34.4 Å². The van der Waals surface area contributed by atoms with Gasteiger partial charge in [-0.1, -0.05) is 30.0 Å². The first-order chi connectivity index (χ1) is 10.2. The summed E-state index contributed by atoms with van der Waals surface area (Å²) < 4.78 is 6.66. The molecule has 0 unspecified atom stereocenters. The number of aromatic nitrogens is 4. The molecule has 0 aliphatic heterocycles. The van der Waals surface area contributed by atoms with Gasteiger partial charge in [0.05, 0.1) is 10.6 Å². The van der Waals surface area contributed by atoms with E-state index in [0.29, 0.717) is 17.5 Å². The Balaban J connectivity index is 1.70. The van der Waals surface area contributed by atoms with E-state index in [1.165, 1.54) is 10.4 Å². The lowest BCUT2D eigenvalue weighted by molar-refractivity contribution is 0.529. The summed E-state index contributed by atoms with van der Waals surface area (Å²) >= 11 is 4.86. The first-order valence-electron chi connectivity index (χ1n) is 6.50. The van der Waals surface area contributed by atoms with E-state index in [4.69, 9.17) is 4.42 Å². The zero-order valence-electron chi connectivity index (χ0n) is 11.9. The number of nitrogens with zero attached hydrogens (tertiary/aromatic N) is 4. The van der Waals surface area contributed by atoms with Crippen molar-refractivity contribution < 1.29 is 4.42 Å². The van der Waals surface area contributed by atoms with Gasteiger partial charge in [0, 0.05) is 4.88 Å². The summed E-state index contributed by atoms with van der Waals surface area (Å²) in [6.45, 7) is 6.21. The second kappa shape index (κ2) is 6.25. The molecule has 8 heteroatoms. The normalized spacial score (nSPS) is 11.2. The maximum absolute atomic E-state index is 5.73. The minimum absolute atomic E-state index is 0.604. The highest BCUT2D eigenvalue weighted by Gasteiger charge is 2.13. The van der Waals surface area contributed by atoms with Gasteiger partial charge in [0.1, 0.15) is 5.01 Å². The van der Waals surface area contributed by atoms with Gasteiger partial charge in [0.25, 0.3) is 5.89 Å². The van der Waals surface area contributed by atoms with Gasteiger partial charge in [0.15, 0.2) is 4.34 Å². The molecule has 0 aromatic carbocycles. The predicted molar refractivity (Wildman–Crippen MR) is 85.9 cm³/mol. The number of rotatable bonds is 5. The van der Waals surface area contributed by atoms with E-state index in [-0.39, 0.29) is 0 Å². The van der Waals surface area contributed by atoms with Crippen molar-refractivity contribution in [3.8, 4) is 10.8 Å². The van der Waals surface area contributed by atoms with Crippen LogP contribution >= 0.6 is 34.4 Å². The van der Waals surface area contributed by atoms with Crippen molar-refractivity contribution in [2.24, 2.45) is 0 Å². The number of thioether (sulfide) groups is 1. The van der Waals surface area contributed by atoms with Crippen LogP contribution in [0.15, 0.2) is 14.8 Å². The predicted octanol–water partition coefficient (Wildman–Crippen LogP) is 4.12. The van der Waals surface area contributed by atoms with Crippen molar-refractivity contribution in [2.45, 2.75) is 37.3 Å². The van der Waals surface area contributed by atoms with Crippen molar-refractivity contribution in [3.63, 3.8) is 0 Å². The van der Waals surface area contributed by atoms with Crippen molar-refractivity contribution in [1.29, 1.82) is 0 Å². The average Bonchev–Trinajstić information content (AvgIpc) is 3.16. The Morgan fingerprint density at radius 1 is 1.14 bits per heavy atom. The minimum atomic E-state index is 0.604. The summed E-state index contributed by atoms with van der Waals surface area (Å²) in [6.07, 6.45) is 1.03. The van der Waals surface area contributed by atoms with E-state index in [2.05, 4.69) is 40.3 Å². The third-order valence-electron chi connectivity index (χ3n) is 2.85. The summed E-state index contributed by atoms with van der Waals surface area (Å²) in [5, 5.41) is 17.3. The summed E-state index contributed by atoms with van der Waals surface area (Å²) in [6, 6.07) is 2.11. The molecule has 0 N–H and O–H groups in total. The van der Waals surface area contributed by atoms with Gasteiger partial charge in [-0.15, -0.1) is 31.7 Å². The van der Waals surface area contributed by atoms with Crippen molar-refractivity contribution in [2.75, 3.05) is 0 Å². The Kier molecular flexibility index (Phi) is 4.37. The van der Waals surface area contributed by atoms with Crippen LogP contribution in [-0.2, 0) is 12.2 Å². The third-order valence-corrected chi connectivity index (χ3v) is 6.17. The molecule has 0 aliphatic rings. The standard InChI is InChI=1S/C13H14N4OS3/c1-4-9-7(2)5-10(21-9)12-16-15-11(18-12)6-19-13-17-14-8(3)20-13/h5H,4,6H2,1-3H3. The lowest BCUT2D eigenvalue weighted by Crippen LogP contribution is -1.79. The molecule has 0 bridgehead atoms. The fraction of sp³-hybridized carbons (Fsp3) is 0.385. The zero-order valence-corrected chi connectivity index (χ0v) is 14.4. The van der Waals surface area contributed by atoms with E-state index < -0.39 is 0 Å². The Hall–Kier alpha value is -1.25. The highest BCUT2D eigenvalue weighted by atomic mass is 32.2. The second-order valence-electron chi connectivity index (χ2n) is 4.45. The van der Waals surface area contributed by atoms with Crippen LogP contribution in [0.4, 0.5) is 0 Å². The molecule has 21 heavy (non-hydrogen) atoms. The van der Waals surface area contributed by atoms with Gasteiger partial charge < -0.3 is 4.42 Å². The van der Waals surface area contributed by atoms with Crippen LogP contribution in [0, 0.1) is 13.8 Å². The van der Waals surface area contributed by atoms with Gasteiger partial charge in [-0.05, 0) is 31.9 Å². The zero-order chi connectivity index (χ0) is 14.8. The summed E-state index contributed by atoms with van der Waals surface area (Å²) in [5.41, 5.74) is 1.29. The molecule has 3 heterocycles. The number of aryl methyl sites for hydroxylation is 3. The Morgan fingerprint density at radius 2 is 2.00 bits per heavy atom. The molecule has 5 nitrogen and oxygen atoms in total. The highest BCUT2D eigenvalue weighted by Crippen LogP contribution is 2.32. The van der Waals surface area contributed by atoms with Crippen LogP contribution in [0.3, 0.4) is 0 Å². The fourth-order valence-electron chi connectivity index (χ4n) is 1.85. The molecule has 0 atom stereocenters. The monoisotopic (exact) mass is 338 g/mol. The quantitative estimate of drug-likeness (QED) is 0.652. The third kappa shape index (κ3) is 3.33. The Bertz CT molecular complexity index is 746. The molecule has 0 aliphatic carbocycles. The topological polar surface area (TPSA) is 64.7 Å². The number of thiophene rings is 1. The van der Waals surface area contributed by atoms with Crippen LogP contribution in [-0.4, -0.2) is 20.4 Å². The van der Waals surface area contributed by atoms with Crippen LogP contribution in [0.5, 0.6) is 0 Å². The van der Waals surface area contributed by atoms with Gasteiger partial charge >= 0.3 is 0 Å². The van der Waals surface area contributed by atoms with Gasteiger partial charge in [-0.25, -0.2) is 0 Å². The van der Waals surface area contributed by atoms with Crippen LogP contribution in [0.25, 0.3) is 10.8 Å². The number of hydrogen-bond donors (Lipinski definition) is 0. The lowest BCUT2D eigenvalue weighted by atomic mass is 10.2. The minimum Gasteiger partial charge on any atom is -0.419 e. The van der Waals surface area contributed by atoms with Gasteiger partial charge in [-0.3, -0.25) is 0 Å². The van der Waals surface area contributed by atoms with E-state index in [9.17, 15) is 0 Å². The largest absolute Gasteiger partial charge is 0.419 e. The second-order valence-corrected chi connectivity index (χ2v) is 7.99. The van der Waals surface area contributed by atoms with E-state index >= 15 is 0 Å². The van der Waals surface area contributed by atoms with Gasteiger partial charge in [-0.2, -0.15) is 0 Å². The molecular formula is C13H14N4OS3. The fourth-order valence-corrected chi connectivity index (χ4v) is 4.54. The molecule has 0 amide bonds. The molecule has 3 aromatic rings. The molecule has 0 saturated heterocycles. The molecule has 0 spiro atoms. The number of hydrogen-bond acceptors (Lipinski definition) is 8. The molecule has 0 saturated carbocycles. The summed E-state index contributed by atoms with van der Waals surface area (Å²) in [7, 11) is 0. The van der Waals surface area contributed by atoms with E-state index in [0.717, 1.165) is 20.6 Å². The first kappa shape index (κ1) is 14.7. The summed E-state index contributed by atoms with van der Waals surface area (Å²) in [4.78, 5) is 2.41. The molecule has 3 rings (SSSR count). The Labute approximate surface area is 134 Å². The molecular weight excluding hydrogens is 324 g/mol. The van der Waals surface area contributed by atoms with Crippen LogP contribution in [0.1, 0.15) is 28.3 Å². The average molecular weight is 338 g/mol. The maximum atomic E-state index is 5.73.